The van der Waals surface area contributed by atoms with Crippen LogP contribution in [0.15, 0.2) is 18.2 Å². The van der Waals surface area contributed by atoms with Crippen molar-refractivity contribution in [2.24, 2.45) is 0 Å². The molecule has 5 heteroatoms. The fourth-order valence-corrected chi connectivity index (χ4v) is 3.89. The first kappa shape index (κ1) is 13.9. The Labute approximate surface area is 130 Å². The van der Waals surface area contributed by atoms with Gasteiger partial charge in [0.1, 0.15) is 13.2 Å². The molecule has 2 saturated heterocycles. The summed E-state index contributed by atoms with van der Waals surface area (Å²) in [4.78, 5) is 14.7. The molecule has 5 nitrogen and oxygen atoms in total. The molecule has 2 bridgehead atoms. The van der Waals surface area contributed by atoms with E-state index < -0.39 is 0 Å². The molecule has 0 aromatic heterocycles. The minimum Gasteiger partial charge on any atom is -0.486 e. The molecule has 22 heavy (non-hydrogen) atoms. The molecule has 3 heterocycles. The normalized spacial score (nSPS) is 29.2. The van der Waals surface area contributed by atoms with Crippen LogP contribution in [0.5, 0.6) is 11.5 Å². The molecule has 0 spiro atoms. The second kappa shape index (κ2) is 5.47. The lowest BCUT2D eigenvalue weighted by atomic mass is 9.98. The predicted molar refractivity (Wildman–Crippen MR) is 82.5 cm³/mol. The number of nitrogens with one attached hydrogen (secondary N) is 1. The van der Waals surface area contributed by atoms with E-state index in [0.717, 1.165) is 18.6 Å². The van der Waals surface area contributed by atoms with Crippen LogP contribution in [0.25, 0.3) is 0 Å². The van der Waals surface area contributed by atoms with Gasteiger partial charge in [0, 0.05) is 30.7 Å². The summed E-state index contributed by atoms with van der Waals surface area (Å²) in [5, 5.41) is 3.62. The quantitative estimate of drug-likeness (QED) is 0.905. The first-order valence-corrected chi connectivity index (χ1v) is 8.13. The Balaban J connectivity index is 1.51. The zero-order valence-corrected chi connectivity index (χ0v) is 12.9. The van der Waals surface area contributed by atoms with Crippen LogP contribution in [0.4, 0.5) is 0 Å². The highest BCUT2D eigenvalue weighted by Gasteiger charge is 2.36. The molecule has 1 aromatic carbocycles. The lowest BCUT2D eigenvalue weighted by Gasteiger charge is -2.35. The Bertz CT molecular complexity index is 577. The summed E-state index contributed by atoms with van der Waals surface area (Å²) in [7, 11) is 1.93. The molecule has 1 amide bonds. The van der Waals surface area contributed by atoms with Crippen LogP contribution < -0.4 is 14.8 Å². The number of amides is 1. The lowest BCUT2D eigenvalue weighted by Crippen LogP contribution is -2.48. The highest BCUT2D eigenvalue weighted by atomic mass is 16.6. The average molecular weight is 302 g/mol. The second-order valence-corrected chi connectivity index (χ2v) is 6.54. The molecule has 2 unspecified atom stereocenters. The molecule has 3 aliphatic rings. The molecule has 1 N–H and O–H groups in total. The first-order valence-electron chi connectivity index (χ1n) is 8.13. The maximum Gasteiger partial charge on any atom is 0.253 e. The Morgan fingerprint density at radius 2 is 1.82 bits per heavy atom. The summed E-state index contributed by atoms with van der Waals surface area (Å²) in [6.07, 6.45) is 4.60. The lowest BCUT2D eigenvalue weighted by molar-refractivity contribution is 0.0680. The number of nitrogens with zero attached hydrogens (tertiary/aromatic N) is 1. The summed E-state index contributed by atoms with van der Waals surface area (Å²) in [5.74, 6) is 1.48. The van der Waals surface area contributed by atoms with Gasteiger partial charge in [-0.1, -0.05) is 0 Å². The minimum absolute atomic E-state index is 0.0725. The van der Waals surface area contributed by atoms with Crippen LogP contribution in [0.1, 0.15) is 36.0 Å². The van der Waals surface area contributed by atoms with Crippen LogP contribution in [0, 0.1) is 0 Å². The number of fused-ring (bicyclic) bond motifs is 3. The van der Waals surface area contributed by atoms with Crippen LogP contribution in [0.3, 0.4) is 0 Å². The number of rotatable bonds is 2. The van der Waals surface area contributed by atoms with Gasteiger partial charge in [-0.25, -0.2) is 0 Å². The molecule has 2 atom stereocenters. The fraction of sp³-hybridized carbons (Fsp3) is 0.588. The topological polar surface area (TPSA) is 50.8 Å². The molecule has 0 radical (unpaired) electrons. The van der Waals surface area contributed by atoms with Crippen molar-refractivity contribution < 1.29 is 14.3 Å². The summed E-state index contributed by atoms with van der Waals surface area (Å²) in [6, 6.07) is 6.98. The van der Waals surface area contributed by atoms with E-state index in [1.165, 1.54) is 12.8 Å². The number of carbonyl (C=O) groups excluding carboxylic acids is 1. The average Bonchev–Trinajstić information content (AvgIpc) is 2.91. The molecule has 0 aliphatic carbocycles. The third kappa shape index (κ3) is 2.43. The Hall–Kier alpha value is -1.75. The highest BCUT2D eigenvalue weighted by molar-refractivity contribution is 5.95. The predicted octanol–water partition coefficient (Wildman–Crippen LogP) is 1.81. The van der Waals surface area contributed by atoms with Gasteiger partial charge in [0.15, 0.2) is 11.5 Å². The third-order valence-electron chi connectivity index (χ3n) is 5.11. The zero-order chi connectivity index (χ0) is 15.1. The van der Waals surface area contributed by atoms with Gasteiger partial charge in [-0.05, 0) is 43.9 Å². The Kier molecular flexibility index (Phi) is 3.45. The van der Waals surface area contributed by atoms with Crippen LogP contribution in [0.2, 0.25) is 0 Å². The molecule has 0 saturated carbocycles. The Morgan fingerprint density at radius 1 is 1.14 bits per heavy atom. The largest absolute Gasteiger partial charge is 0.486 e. The highest BCUT2D eigenvalue weighted by Crippen LogP contribution is 2.33. The standard InChI is InChI=1S/C17H22N2O3/c1-19(14-9-12-3-4-13(10-14)18-12)17(20)11-2-5-15-16(8-11)22-7-6-21-15/h2,5,8,12-14,18H,3-4,6-7,9-10H2,1H3. The van der Waals surface area contributed by atoms with Crippen molar-refractivity contribution in [3.05, 3.63) is 23.8 Å². The molecule has 3 aliphatic heterocycles. The zero-order valence-electron chi connectivity index (χ0n) is 12.9. The maximum absolute atomic E-state index is 12.8. The van der Waals surface area contributed by atoms with E-state index in [4.69, 9.17) is 9.47 Å². The van der Waals surface area contributed by atoms with E-state index in [0.29, 0.717) is 42.7 Å². The number of ether oxygens (including phenoxy) is 2. The molecular formula is C17H22N2O3. The molecule has 4 rings (SSSR count). The van der Waals surface area contributed by atoms with Gasteiger partial charge in [0.05, 0.1) is 0 Å². The fourth-order valence-electron chi connectivity index (χ4n) is 3.89. The number of carbonyl (C=O) groups is 1. The van der Waals surface area contributed by atoms with Crippen molar-refractivity contribution in [1.82, 2.24) is 10.2 Å². The van der Waals surface area contributed by atoms with Gasteiger partial charge in [-0.3, -0.25) is 4.79 Å². The third-order valence-corrected chi connectivity index (χ3v) is 5.11. The molecule has 1 aromatic rings. The van der Waals surface area contributed by atoms with E-state index >= 15 is 0 Å². The summed E-state index contributed by atoms with van der Waals surface area (Å²) in [5.41, 5.74) is 0.678. The van der Waals surface area contributed by atoms with Crippen LogP contribution in [-0.2, 0) is 0 Å². The van der Waals surface area contributed by atoms with Crippen LogP contribution >= 0.6 is 0 Å². The van der Waals surface area contributed by atoms with Crippen molar-refractivity contribution in [3.63, 3.8) is 0 Å². The van der Waals surface area contributed by atoms with Crippen LogP contribution in [-0.4, -0.2) is 49.2 Å². The first-order chi connectivity index (χ1) is 10.7. The van der Waals surface area contributed by atoms with Crippen molar-refractivity contribution in [2.75, 3.05) is 20.3 Å². The maximum atomic E-state index is 12.8. The summed E-state index contributed by atoms with van der Waals surface area (Å²) in [6.45, 7) is 1.11. The number of hydrogen-bond donors (Lipinski definition) is 1. The van der Waals surface area contributed by atoms with Crippen molar-refractivity contribution in [3.8, 4) is 11.5 Å². The van der Waals surface area contributed by atoms with E-state index in [2.05, 4.69) is 5.32 Å². The monoisotopic (exact) mass is 302 g/mol. The smallest absolute Gasteiger partial charge is 0.253 e. The van der Waals surface area contributed by atoms with Gasteiger partial charge in [-0.15, -0.1) is 0 Å². The minimum atomic E-state index is 0.0725. The number of benzene rings is 1. The van der Waals surface area contributed by atoms with Crippen molar-refractivity contribution in [2.45, 2.75) is 43.8 Å². The summed E-state index contributed by atoms with van der Waals surface area (Å²) >= 11 is 0. The van der Waals surface area contributed by atoms with Gasteiger partial charge >= 0.3 is 0 Å². The van der Waals surface area contributed by atoms with Crippen molar-refractivity contribution in [1.29, 1.82) is 0 Å². The number of piperidine rings is 1. The van der Waals surface area contributed by atoms with E-state index in [1.807, 2.05) is 30.1 Å². The SMILES string of the molecule is CN(C(=O)c1ccc2c(c1)OCCO2)C1CC2CCC(C1)N2. The van der Waals surface area contributed by atoms with Crippen molar-refractivity contribution >= 4 is 5.91 Å². The van der Waals surface area contributed by atoms with Gasteiger partial charge in [0.2, 0.25) is 0 Å². The van der Waals surface area contributed by atoms with Gasteiger partial charge < -0.3 is 19.7 Å². The van der Waals surface area contributed by atoms with Gasteiger partial charge in [-0.2, -0.15) is 0 Å². The molecular weight excluding hydrogens is 280 g/mol. The van der Waals surface area contributed by atoms with E-state index in [-0.39, 0.29) is 5.91 Å². The molecule has 2 fully saturated rings. The number of hydrogen-bond acceptors (Lipinski definition) is 4. The van der Waals surface area contributed by atoms with E-state index in [9.17, 15) is 4.79 Å². The molecule has 118 valence electrons. The second-order valence-electron chi connectivity index (χ2n) is 6.54. The Morgan fingerprint density at radius 3 is 2.55 bits per heavy atom. The van der Waals surface area contributed by atoms with E-state index in [1.54, 1.807) is 0 Å². The summed E-state index contributed by atoms with van der Waals surface area (Å²) < 4.78 is 11.1. The van der Waals surface area contributed by atoms with Gasteiger partial charge in [0.25, 0.3) is 5.91 Å².